The Bertz CT molecular complexity index is 817. The third-order valence-electron chi connectivity index (χ3n) is 4.67. The molecule has 0 saturated carbocycles. The molecule has 0 amide bonds. The van der Waals surface area contributed by atoms with Crippen LogP contribution in [-0.2, 0) is 11.3 Å². The van der Waals surface area contributed by atoms with Crippen LogP contribution in [0.15, 0.2) is 36.4 Å². The van der Waals surface area contributed by atoms with Crippen LogP contribution in [0.4, 0.5) is 0 Å². The molecule has 2 aromatic carbocycles. The van der Waals surface area contributed by atoms with Crippen molar-refractivity contribution in [2.24, 2.45) is 0 Å². The maximum Gasteiger partial charge on any atom is 0.197 e. The second-order valence-electron chi connectivity index (χ2n) is 6.38. The summed E-state index contributed by atoms with van der Waals surface area (Å²) >= 11 is 6.01. The van der Waals surface area contributed by atoms with Crippen molar-refractivity contribution < 1.29 is 19.0 Å². The second kappa shape index (κ2) is 7.66. The van der Waals surface area contributed by atoms with Crippen LogP contribution in [-0.4, -0.2) is 50.1 Å². The molecule has 0 atom stereocenters. The molecule has 0 aliphatic carbocycles. The van der Waals surface area contributed by atoms with Crippen molar-refractivity contribution in [2.45, 2.75) is 6.61 Å². The van der Waals surface area contributed by atoms with Gasteiger partial charge < -0.3 is 14.2 Å². The number of morpholine rings is 1. The zero-order valence-electron chi connectivity index (χ0n) is 14.4. The summed E-state index contributed by atoms with van der Waals surface area (Å²) in [5.74, 6) is 1.22. The number of halogens is 1. The molecule has 1 saturated heterocycles. The van der Waals surface area contributed by atoms with Crippen LogP contribution in [0.1, 0.15) is 21.5 Å². The summed E-state index contributed by atoms with van der Waals surface area (Å²) in [4.78, 5) is 15.1. The lowest BCUT2D eigenvalue weighted by Gasteiger charge is -2.26. The standard InChI is InChI=1S/C20H20ClNO4/c21-15-1-3-18-19(12-15)26-13-14-11-16(2-4-17(14)20(18)23)25-10-7-22-5-8-24-9-6-22/h1-4,11-12H,5-10,13H2. The third kappa shape index (κ3) is 3.70. The molecule has 4 rings (SSSR count). The molecular formula is C20H20ClNO4. The van der Waals surface area contributed by atoms with Crippen LogP contribution in [0, 0.1) is 0 Å². The van der Waals surface area contributed by atoms with Gasteiger partial charge in [-0.15, -0.1) is 0 Å². The Labute approximate surface area is 157 Å². The maximum absolute atomic E-state index is 12.8. The molecule has 6 heteroatoms. The van der Waals surface area contributed by atoms with Crippen molar-refractivity contribution in [3.63, 3.8) is 0 Å². The van der Waals surface area contributed by atoms with Crippen molar-refractivity contribution in [2.75, 3.05) is 39.5 Å². The van der Waals surface area contributed by atoms with Gasteiger partial charge in [0.1, 0.15) is 24.7 Å². The van der Waals surface area contributed by atoms with Gasteiger partial charge >= 0.3 is 0 Å². The Morgan fingerprint density at radius 3 is 2.73 bits per heavy atom. The van der Waals surface area contributed by atoms with Gasteiger partial charge in [0.2, 0.25) is 0 Å². The van der Waals surface area contributed by atoms with E-state index >= 15 is 0 Å². The minimum absolute atomic E-state index is 0.0518. The molecular weight excluding hydrogens is 354 g/mol. The van der Waals surface area contributed by atoms with E-state index in [4.69, 9.17) is 25.8 Å². The number of ether oxygens (including phenoxy) is 3. The minimum atomic E-state index is -0.0518. The molecule has 26 heavy (non-hydrogen) atoms. The molecule has 136 valence electrons. The normalized spacial score (nSPS) is 17.0. The number of nitrogens with zero attached hydrogens (tertiary/aromatic N) is 1. The number of ketones is 1. The Morgan fingerprint density at radius 2 is 1.88 bits per heavy atom. The Morgan fingerprint density at radius 1 is 1.08 bits per heavy atom. The average molecular weight is 374 g/mol. The molecule has 0 radical (unpaired) electrons. The monoisotopic (exact) mass is 373 g/mol. The van der Waals surface area contributed by atoms with Gasteiger partial charge in [-0.3, -0.25) is 9.69 Å². The number of fused-ring (bicyclic) bond motifs is 2. The fourth-order valence-corrected chi connectivity index (χ4v) is 3.38. The van der Waals surface area contributed by atoms with E-state index in [1.54, 1.807) is 18.2 Å². The first kappa shape index (κ1) is 17.3. The Balaban J connectivity index is 1.46. The van der Waals surface area contributed by atoms with E-state index in [-0.39, 0.29) is 5.78 Å². The number of hydrogen-bond donors (Lipinski definition) is 0. The zero-order valence-corrected chi connectivity index (χ0v) is 15.1. The maximum atomic E-state index is 12.8. The van der Waals surface area contributed by atoms with Crippen molar-refractivity contribution in [1.29, 1.82) is 0 Å². The van der Waals surface area contributed by atoms with E-state index in [0.717, 1.165) is 44.2 Å². The molecule has 2 heterocycles. The van der Waals surface area contributed by atoms with Crippen molar-refractivity contribution in [1.82, 2.24) is 4.90 Å². The molecule has 0 aromatic heterocycles. The summed E-state index contributed by atoms with van der Waals surface area (Å²) < 4.78 is 17.0. The second-order valence-corrected chi connectivity index (χ2v) is 6.82. The highest BCUT2D eigenvalue weighted by atomic mass is 35.5. The highest BCUT2D eigenvalue weighted by Gasteiger charge is 2.23. The van der Waals surface area contributed by atoms with E-state index in [9.17, 15) is 4.79 Å². The lowest BCUT2D eigenvalue weighted by atomic mass is 9.99. The molecule has 0 bridgehead atoms. The molecule has 1 fully saturated rings. The molecule has 2 aromatic rings. The highest BCUT2D eigenvalue weighted by Crippen LogP contribution is 2.32. The van der Waals surface area contributed by atoms with Gasteiger partial charge in [0.05, 0.1) is 18.8 Å². The van der Waals surface area contributed by atoms with Crippen LogP contribution < -0.4 is 9.47 Å². The number of rotatable bonds is 4. The summed E-state index contributed by atoms with van der Waals surface area (Å²) in [5, 5.41) is 0.551. The van der Waals surface area contributed by atoms with Gasteiger partial charge in [-0.2, -0.15) is 0 Å². The van der Waals surface area contributed by atoms with E-state index in [1.807, 2.05) is 18.2 Å². The van der Waals surface area contributed by atoms with Gasteiger partial charge in [0.15, 0.2) is 5.78 Å². The van der Waals surface area contributed by atoms with Crippen LogP contribution in [0.2, 0.25) is 5.02 Å². The van der Waals surface area contributed by atoms with Gasteiger partial charge in [0.25, 0.3) is 0 Å². The Kier molecular flexibility index (Phi) is 5.11. The minimum Gasteiger partial charge on any atom is -0.492 e. The first-order valence-corrected chi connectivity index (χ1v) is 9.11. The summed E-state index contributed by atoms with van der Waals surface area (Å²) in [6.45, 7) is 5.22. The molecule has 5 nitrogen and oxygen atoms in total. The molecule has 2 aliphatic heterocycles. The SMILES string of the molecule is O=C1c2ccc(OCCN3CCOCC3)cc2COc2cc(Cl)ccc21. The van der Waals surface area contributed by atoms with E-state index < -0.39 is 0 Å². The first-order valence-electron chi connectivity index (χ1n) is 8.73. The van der Waals surface area contributed by atoms with Crippen LogP contribution >= 0.6 is 11.6 Å². The van der Waals surface area contributed by atoms with E-state index in [1.165, 1.54) is 0 Å². The lowest BCUT2D eigenvalue weighted by Crippen LogP contribution is -2.38. The van der Waals surface area contributed by atoms with Gasteiger partial charge in [-0.1, -0.05) is 11.6 Å². The first-order chi connectivity index (χ1) is 12.7. The van der Waals surface area contributed by atoms with Crippen LogP contribution in [0.25, 0.3) is 0 Å². The molecule has 0 spiro atoms. The van der Waals surface area contributed by atoms with Crippen LogP contribution in [0.3, 0.4) is 0 Å². The van der Waals surface area contributed by atoms with Crippen LogP contribution in [0.5, 0.6) is 11.5 Å². The van der Waals surface area contributed by atoms with Gasteiger partial charge in [-0.05, 0) is 36.4 Å². The van der Waals surface area contributed by atoms with Crippen molar-refractivity contribution in [3.8, 4) is 11.5 Å². The zero-order chi connectivity index (χ0) is 17.9. The lowest BCUT2D eigenvalue weighted by molar-refractivity contribution is 0.0322. The largest absolute Gasteiger partial charge is 0.492 e. The molecule has 0 N–H and O–H groups in total. The summed E-state index contributed by atoms with van der Waals surface area (Å²) in [7, 11) is 0. The van der Waals surface area contributed by atoms with Crippen molar-refractivity contribution >= 4 is 17.4 Å². The topological polar surface area (TPSA) is 48.0 Å². The number of hydrogen-bond acceptors (Lipinski definition) is 5. The fourth-order valence-electron chi connectivity index (χ4n) is 3.22. The molecule has 0 unspecified atom stereocenters. The number of benzene rings is 2. The average Bonchev–Trinajstić information content (AvgIpc) is 2.79. The fraction of sp³-hybridized carbons (Fsp3) is 0.350. The summed E-state index contributed by atoms with van der Waals surface area (Å²) in [6, 6.07) is 10.6. The van der Waals surface area contributed by atoms with E-state index in [2.05, 4.69) is 4.90 Å². The van der Waals surface area contributed by atoms with Gasteiger partial charge in [0, 0.05) is 35.8 Å². The highest BCUT2D eigenvalue weighted by molar-refractivity contribution is 6.31. The summed E-state index contributed by atoms with van der Waals surface area (Å²) in [6.07, 6.45) is 0. The van der Waals surface area contributed by atoms with Gasteiger partial charge in [-0.25, -0.2) is 0 Å². The van der Waals surface area contributed by atoms with E-state index in [0.29, 0.717) is 35.1 Å². The molecule has 2 aliphatic rings. The quantitative estimate of drug-likeness (QED) is 0.823. The smallest absolute Gasteiger partial charge is 0.197 e. The number of carbonyl (C=O) groups excluding carboxylic acids is 1. The summed E-state index contributed by atoms with van der Waals surface area (Å²) in [5.41, 5.74) is 2.01. The predicted octanol–water partition coefficient (Wildman–Crippen LogP) is 3.17. The third-order valence-corrected chi connectivity index (χ3v) is 4.91. The number of carbonyl (C=O) groups is 1. The predicted molar refractivity (Wildman–Crippen MR) is 98.4 cm³/mol. The Hall–Kier alpha value is -2.08. The van der Waals surface area contributed by atoms with Crippen molar-refractivity contribution in [3.05, 3.63) is 58.1 Å².